The number of carbonyl (C=O) groups is 1. The van der Waals surface area contributed by atoms with E-state index < -0.39 is 5.82 Å². The van der Waals surface area contributed by atoms with E-state index >= 15 is 0 Å². The molecule has 0 aliphatic carbocycles. The zero-order valence-corrected chi connectivity index (χ0v) is 12.6. The van der Waals surface area contributed by atoms with Crippen molar-refractivity contribution in [3.63, 3.8) is 0 Å². The van der Waals surface area contributed by atoms with Crippen LogP contribution in [0, 0.1) is 5.82 Å². The molecule has 2 aromatic carbocycles. The van der Waals surface area contributed by atoms with E-state index in [1.807, 2.05) is 0 Å². The molecule has 0 unspecified atom stereocenters. The van der Waals surface area contributed by atoms with Crippen LogP contribution in [0.4, 0.5) is 4.39 Å². The normalized spacial score (nSPS) is 10.6. The second-order valence-electron chi connectivity index (χ2n) is 4.33. The third-order valence-electron chi connectivity index (χ3n) is 2.84. The van der Waals surface area contributed by atoms with Gasteiger partial charge in [-0.2, -0.15) is 0 Å². The number of rotatable bonds is 4. The van der Waals surface area contributed by atoms with Gasteiger partial charge in [0.15, 0.2) is 0 Å². The maximum Gasteiger partial charge on any atom is 0.141 e. The molecule has 0 heterocycles. The zero-order valence-electron chi connectivity index (χ0n) is 10.3. The van der Waals surface area contributed by atoms with Gasteiger partial charge in [0.1, 0.15) is 11.6 Å². The monoisotopic (exact) mass is 330 g/mol. The highest BCUT2D eigenvalue weighted by atomic mass is 35.5. The summed E-state index contributed by atoms with van der Waals surface area (Å²) in [7, 11) is 0. The first-order valence-corrected chi connectivity index (χ1v) is 6.99. The Morgan fingerprint density at radius 3 is 2.40 bits per heavy atom. The molecule has 0 N–H and O–H groups in total. The van der Waals surface area contributed by atoms with Gasteiger partial charge in [-0.1, -0.05) is 46.9 Å². The lowest BCUT2D eigenvalue weighted by atomic mass is 10.0. The second-order valence-corrected chi connectivity index (χ2v) is 5.58. The Balaban J connectivity index is 2.13. The minimum absolute atomic E-state index is 0.0650. The first-order chi connectivity index (χ1) is 9.47. The van der Waals surface area contributed by atoms with E-state index in [0.29, 0.717) is 15.6 Å². The summed E-state index contributed by atoms with van der Waals surface area (Å²) in [5, 5.41) is 1.18. The van der Waals surface area contributed by atoms with Gasteiger partial charge in [-0.15, -0.1) is 0 Å². The number of halogens is 4. The summed E-state index contributed by atoms with van der Waals surface area (Å²) in [4.78, 5) is 12.0. The van der Waals surface area contributed by atoms with Gasteiger partial charge in [0.2, 0.25) is 0 Å². The van der Waals surface area contributed by atoms with Crippen LogP contribution < -0.4 is 0 Å². The van der Waals surface area contributed by atoms with Gasteiger partial charge in [-0.25, -0.2) is 4.39 Å². The molecule has 1 nitrogen and oxygen atoms in total. The van der Waals surface area contributed by atoms with Gasteiger partial charge >= 0.3 is 0 Å². The molecule has 0 bridgehead atoms. The molecular formula is C15H10Cl3FO. The average Bonchev–Trinajstić information content (AvgIpc) is 2.37. The SMILES string of the molecule is O=C(Cc1ccc(Cl)cc1Cl)Cc1c(F)cccc1Cl. The molecular weight excluding hydrogens is 322 g/mol. The molecule has 2 rings (SSSR count). The van der Waals surface area contributed by atoms with Crippen molar-refractivity contribution in [2.45, 2.75) is 12.8 Å². The van der Waals surface area contributed by atoms with Gasteiger partial charge in [0.25, 0.3) is 0 Å². The Kier molecular flexibility index (Phi) is 5.03. The standard InChI is InChI=1S/C15H10Cl3FO/c16-10-5-4-9(14(18)7-10)6-11(20)8-12-13(17)2-1-3-15(12)19/h1-5,7H,6,8H2. The maximum absolute atomic E-state index is 13.6. The van der Waals surface area contributed by atoms with Crippen LogP contribution >= 0.6 is 34.8 Å². The molecule has 0 aliphatic heterocycles. The Morgan fingerprint density at radius 1 is 1.00 bits per heavy atom. The summed E-state index contributed by atoms with van der Waals surface area (Å²) in [5.41, 5.74) is 0.873. The predicted octanol–water partition coefficient (Wildman–Crippen LogP) is 5.14. The summed E-state index contributed by atoms with van der Waals surface area (Å²) in [6.07, 6.45) is 0.0468. The Labute approximate surface area is 131 Å². The number of Topliss-reactive ketones (excluding diaryl/α,β-unsaturated/α-hetero) is 1. The Morgan fingerprint density at radius 2 is 1.75 bits per heavy atom. The van der Waals surface area contributed by atoms with Crippen molar-refractivity contribution in [2.24, 2.45) is 0 Å². The molecule has 20 heavy (non-hydrogen) atoms. The van der Waals surface area contributed by atoms with Gasteiger partial charge in [-0.3, -0.25) is 4.79 Å². The van der Waals surface area contributed by atoms with Gasteiger partial charge < -0.3 is 0 Å². The number of benzene rings is 2. The molecule has 0 saturated heterocycles. The molecule has 2 aromatic rings. The fraction of sp³-hybridized carbons (Fsp3) is 0.133. The van der Waals surface area contributed by atoms with Crippen molar-refractivity contribution in [3.05, 3.63) is 68.4 Å². The molecule has 0 saturated carbocycles. The van der Waals surface area contributed by atoms with Crippen LogP contribution in [0.25, 0.3) is 0 Å². The summed E-state index contributed by atoms with van der Waals surface area (Å²) < 4.78 is 13.6. The molecule has 0 aromatic heterocycles. The van der Waals surface area contributed by atoms with Gasteiger partial charge in [-0.05, 0) is 29.8 Å². The highest BCUT2D eigenvalue weighted by Crippen LogP contribution is 2.23. The Bertz CT molecular complexity index is 635. The first-order valence-electron chi connectivity index (χ1n) is 5.86. The minimum atomic E-state index is -0.479. The largest absolute Gasteiger partial charge is 0.299 e. The lowest BCUT2D eigenvalue weighted by Crippen LogP contribution is -2.08. The lowest BCUT2D eigenvalue weighted by molar-refractivity contribution is -0.117. The molecule has 0 fully saturated rings. The molecule has 0 aliphatic rings. The van der Waals surface area contributed by atoms with Crippen LogP contribution in [0.1, 0.15) is 11.1 Å². The van der Waals surface area contributed by atoms with E-state index in [2.05, 4.69) is 0 Å². The Hall–Kier alpha value is -1.09. The van der Waals surface area contributed by atoms with E-state index in [1.165, 1.54) is 12.1 Å². The summed E-state index contributed by atoms with van der Waals surface area (Å²) >= 11 is 17.7. The van der Waals surface area contributed by atoms with Crippen LogP contribution in [0.15, 0.2) is 36.4 Å². The molecule has 104 valence electrons. The van der Waals surface area contributed by atoms with Crippen molar-refractivity contribution in [2.75, 3.05) is 0 Å². The molecule has 0 amide bonds. The molecule has 5 heteroatoms. The molecule has 0 radical (unpaired) electrons. The van der Waals surface area contributed by atoms with Crippen molar-refractivity contribution >= 4 is 40.6 Å². The summed E-state index contributed by atoms with van der Waals surface area (Å²) in [6, 6.07) is 9.26. The first kappa shape index (κ1) is 15.3. The van der Waals surface area contributed by atoms with Crippen molar-refractivity contribution in [3.8, 4) is 0 Å². The third-order valence-corrected chi connectivity index (χ3v) is 3.78. The predicted molar refractivity (Wildman–Crippen MR) is 80.3 cm³/mol. The van der Waals surface area contributed by atoms with E-state index in [1.54, 1.807) is 24.3 Å². The van der Waals surface area contributed by atoms with Crippen molar-refractivity contribution in [1.82, 2.24) is 0 Å². The topological polar surface area (TPSA) is 17.1 Å². The van der Waals surface area contributed by atoms with E-state index in [9.17, 15) is 9.18 Å². The van der Waals surface area contributed by atoms with Crippen molar-refractivity contribution in [1.29, 1.82) is 0 Å². The van der Waals surface area contributed by atoms with Gasteiger partial charge in [0.05, 0.1) is 0 Å². The highest BCUT2D eigenvalue weighted by molar-refractivity contribution is 6.35. The fourth-order valence-corrected chi connectivity index (χ4v) is 2.54. The maximum atomic E-state index is 13.6. The highest BCUT2D eigenvalue weighted by Gasteiger charge is 2.13. The number of hydrogen-bond donors (Lipinski definition) is 0. The summed E-state index contributed by atoms with van der Waals surface area (Å²) in [5.74, 6) is -0.644. The van der Waals surface area contributed by atoms with Crippen LogP contribution in [0.3, 0.4) is 0 Å². The lowest BCUT2D eigenvalue weighted by Gasteiger charge is -2.07. The number of hydrogen-bond acceptors (Lipinski definition) is 1. The number of ketones is 1. The van der Waals surface area contributed by atoms with E-state index in [0.717, 1.165) is 0 Å². The fourth-order valence-electron chi connectivity index (χ4n) is 1.84. The van der Waals surface area contributed by atoms with Crippen LogP contribution in [0.5, 0.6) is 0 Å². The molecule has 0 spiro atoms. The van der Waals surface area contributed by atoms with E-state index in [-0.39, 0.29) is 29.2 Å². The van der Waals surface area contributed by atoms with Crippen LogP contribution in [-0.4, -0.2) is 5.78 Å². The smallest absolute Gasteiger partial charge is 0.141 e. The van der Waals surface area contributed by atoms with Crippen LogP contribution in [0.2, 0.25) is 15.1 Å². The van der Waals surface area contributed by atoms with Gasteiger partial charge in [0, 0.05) is 33.5 Å². The minimum Gasteiger partial charge on any atom is -0.299 e. The third kappa shape index (κ3) is 3.72. The quantitative estimate of drug-likeness (QED) is 0.758. The van der Waals surface area contributed by atoms with Crippen LogP contribution in [-0.2, 0) is 17.6 Å². The zero-order chi connectivity index (χ0) is 14.7. The van der Waals surface area contributed by atoms with E-state index in [4.69, 9.17) is 34.8 Å². The summed E-state index contributed by atoms with van der Waals surface area (Å²) in [6.45, 7) is 0. The second kappa shape index (κ2) is 6.57. The average molecular weight is 332 g/mol. The number of carbonyl (C=O) groups excluding carboxylic acids is 1. The van der Waals surface area contributed by atoms with Crippen molar-refractivity contribution < 1.29 is 9.18 Å². The molecule has 0 atom stereocenters.